The summed E-state index contributed by atoms with van der Waals surface area (Å²) in [4.78, 5) is 24.4. The van der Waals surface area contributed by atoms with Crippen LogP contribution in [-0.2, 0) is 10.3 Å². The maximum Gasteiger partial charge on any atom is 0.340 e. The average molecular weight is 387 g/mol. The largest absolute Gasteiger partial charge is 0.440 e. The third-order valence-corrected chi connectivity index (χ3v) is 5.69. The number of rotatable bonds is 3. The van der Waals surface area contributed by atoms with Crippen molar-refractivity contribution < 1.29 is 14.3 Å². The second-order valence-corrected chi connectivity index (χ2v) is 7.18. The van der Waals surface area contributed by atoms with Gasteiger partial charge in [-0.2, -0.15) is 4.98 Å². The van der Waals surface area contributed by atoms with E-state index >= 15 is 0 Å². The van der Waals surface area contributed by atoms with E-state index in [0.29, 0.717) is 28.7 Å². The Balaban J connectivity index is 1.84. The Bertz CT molecular complexity index is 1140. The van der Waals surface area contributed by atoms with E-state index in [9.17, 15) is 4.79 Å². The molecule has 3 aromatic rings. The van der Waals surface area contributed by atoms with Crippen LogP contribution in [-0.4, -0.2) is 29.0 Å². The van der Waals surface area contributed by atoms with Gasteiger partial charge in [-0.25, -0.2) is 9.78 Å². The molecule has 6 heteroatoms. The van der Waals surface area contributed by atoms with Gasteiger partial charge < -0.3 is 14.4 Å². The monoisotopic (exact) mass is 387 g/mol. The molecule has 29 heavy (non-hydrogen) atoms. The molecule has 1 unspecified atom stereocenters. The van der Waals surface area contributed by atoms with Crippen LogP contribution in [0, 0.1) is 6.92 Å². The Labute approximate surface area is 169 Å². The van der Waals surface area contributed by atoms with E-state index < -0.39 is 5.60 Å². The number of nitrogens with zero attached hydrogens (tertiary/aromatic N) is 3. The molecule has 2 aromatic carbocycles. The van der Waals surface area contributed by atoms with Crippen molar-refractivity contribution >= 4 is 11.9 Å². The second-order valence-electron chi connectivity index (χ2n) is 7.18. The lowest BCUT2D eigenvalue weighted by molar-refractivity contribution is 0.0218. The highest BCUT2D eigenvalue weighted by Gasteiger charge is 2.55. The van der Waals surface area contributed by atoms with Gasteiger partial charge in [0.2, 0.25) is 11.8 Å². The number of hydrogen-bond acceptors (Lipinski definition) is 6. The maximum absolute atomic E-state index is 12.8. The number of aromatic nitrogens is 2. The first-order valence-electron chi connectivity index (χ1n) is 9.84. The molecule has 0 saturated heterocycles. The summed E-state index contributed by atoms with van der Waals surface area (Å²) < 4.78 is 12.3. The molecular weight excluding hydrogens is 366 g/mol. The van der Waals surface area contributed by atoms with E-state index in [1.807, 2.05) is 49.4 Å². The Morgan fingerprint density at radius 1 is 0.966 bits per heavy atom. The first kappa shape index (κ1) is 17.7. The lowest BCUT2D eigenvalue weighted by Crippen LogP contribution is -2.35. The highest BCUT2D eigenvalue weighted by molar-refractivity contribution is 5.97. The molecule has 1 atom stereocenters. The SMILES string of the molecule is CCN(CC)c1nc(C)c2c(n1)Oc1ccccc1C21OC(=O)c2ccccc21. The molecule has 146 valence electrons. The van der Waals surface area contributed by atoms with E-state index in [1.165, 1.54) is 0 Å². The fraction of sp³-hybridized carbons (Fsp3) is 0.261. The van der Waals surface area contributed by atoms with Crippen LogP contribution < -0.4 is 9.64 Å². The minimum Gasteiger partial charge on any atom is -0.440 e. The fourth-order valence-corrected chi connectivity index (χ4v) is 4.35. The fourth-order valence-electron chi connectivity index (χ4n) is 4.35. The number of anilines is 1. The number of fused-ring (bicyclic) bond motifs is 6. The van der Waals surface area contributed by atoms with Crippen LogP contribution in [0.2, 0.25) is 0 Å². The first-order valence-corrected chi connectivity index (χ1v) is 9.84. The zero-order valence-corrected chi connectivity index (χ0v) is 16.6. The lowest BCUT2D eigenvalue weighted by Gasteiger charge is -2.37. The minimum atomic E-state index is -1.11. The number of aryl methyl sites for hydroxylation is 1. The van der Waals surface area contributed by atoms with E-state index in [0.717, 1.165) is 29.9 Å². The predicted molar refractivity (Wildman–Crippen MR) is 109 cm³/mol. The Kier molecular flexibility index (Phi) is 3.84. The number of benzene rings is 2. The van der Waals surface area contributed by atoms with Gasteiger partial charge in [-0.15, -0.1) is 0 Å². The van der Waals surface area contributed by atoms with Gasteiger partial charge >= 0.3 is 5.97 Å². The molecule has 3 heterocycles. The van der Waals surface area contributed by atoms with Crippen molar-refractivity contribution in [1.29, 1.82) is 0 Å². The predicted octanol–water partition coefficient (Wildman–Crippen LogP) is 4.20. The standard InChI is InChI=1S/C23H21N3O3/c1-4-26(5-2)22-24-14(3)19-20(25-22)28-18-13-9-8-12-17(18)23(19)16-11-7-6-10-15(16)21(27)29-23/h6-13H,4-5H2,1-3H3. The minimum absolute atomic E-state index is 0.351. The van der Waals surface area contributed by atoms with Crippen LogP contribution in [0.15, 0.2) is 48.5 Å². The van der Waals surface area contributed by atoms with Crippen LogP contribution in [0.4, 0.5) is 5.95 Å². The van der Waals surface area contributed by atoms with E-state index in [1.54, 1.807) is 6.07 Å². The maximum atomic E-state index is 12.8. The highest BCUT2D eigenvalue weighted by atomic mass is 16.6. The van der Waals surface area contributed by atoms with Crippen molar-refractivity contribution in [3.63, 3.8) is 0 Å². The number of carbonyl (C=O) groups excluding carboxylic acids is 1. The molecule has 0 amide bonds. The summed E-state index contributed by atoms with van der Waals surface area (Å²) in [6.07, 6.45) is 0. The molecule has 0 saturated carbocycles. The van der Waals surface area contributed by atoms with Gasteiger partial charge in [0, 0.05) is 24.2 Å². The zero-order chi connectivity index (χ0) is 20.2. The summed E-state index contributed by atoms with van der Waals surface area (Å²) in [5.41, 5.74) is 2.45. The third kappa shape index (κ3) is 2.32. The summed E-state index contributed by atoms with van der Waals surface area (Å²) in [5.74, 6) is 1.32. The highest BCUT2D eigenvalue weighted by Crippen LogP contribution is 2.56. The van der Waals surface area contributed by atoms with Crippen molar-refractivity contribution in [2.24, 2.45) is 0 Å². The lowest BCUT2D eigenvalue weighted by atomic mass is 9.78. The Morgan fingerprint density at radius 3 is 2.41 bits per heavy atom. The van der Waals surface area contributed by atoms with Crippen LogP contribution in [0.3, 0.4) is 0 Å². The molecule has 0 aliphatic carbocycles. The molecule has 2 aliphatic heterocycles. The molecule has 5 rings (SSSR count). The molecule has 0 bridgehead atoms. The second kappa shape index (κ2) is 6.30. The van der Waals surface area contributed by atoms with Gasteiger partial charge in [0.1, 0.15) is 5.75 Å². The van der Waals surface area contributed by atoms with Gasteiger partial charge in [0.05, 0.1) is 16.8 Å². The van der Waals surface area contributed by atoms with E-state index in [2.05, 4.69) is 18.7 Å². The molecule has 0 radical (unpaired) electrons. The Hall–Kier alpha value is -3.41. The van der Waals surface area contributed by atoms with Gasteiger partial charge in [-0.05, 0) is 32.9 Å². The van der Waals surface area contributed by atoms with E-state index in [-0.39, 0.29) is 5.97 Å². The number of hydrogen-bond donors (Lipinski definition) is 0. The van der Waals surface area contributed by atoms with Crippen molar-refractivity contribution in [1.82, 2.24) is 9.97 Å². The van der Waals surface area contributed by atoms with Gasteiger partial charge in [-0.1, -0.05) is 36.4 Å². The number of esters is 1. The van der Waals surface area contributed by atoms with Crippen LogP contribution >= 0.6 is 0 Å². The number of para-hydroxylation sites is 1. The normalized spacial score (nSPS) is 18.5. The van der Waals surface area contributed by atoms with Gasteiger partial charge in [0.15, 0.2) is 5.60 Å². The van der Waals surface area contributed by atoms with Crippen LogP contribution in [0.5, 0.6) is 11.6 Å². The van der Waals surface area contributed by atoms with Crippen LogP contribution in [0.1, 0.15) is 46.6 Å². The number of ether oxygens (including phenoxy) is 2. The molecule has 1 spiro atoms. The van der Waals surface area contributed by atoms with Crippen molar-refractivity contribution in [2.75, 3.05) is 18.0 Å². The Morgan fingerprint density at radius 2 is 1.66 bits per heavy atom. The molecule has 2 aliphatic rings. The molecule has 6 nitrogen and oxygen atoms in total. The van der Waals surface area contributed by atoms with E-state index in [4.69, 9.17) is 19.4 Å². The summed E-state index contributed by atoms with van der Waals surface area (Å²) in [5, 5.41) is 0. The third-order valence-electron chi connectivity index (χ3n) is 5.69. The quantitative estimate of drug-likeness (QED) is 0.628. The molecular formula is C23H21N3O3. The van der Waals surface area contributed by atoms with Crippen molar-refractivity contribution in [2.45, 2.75) is 26.4 Å². The van der Waals surface area contributed by atoms with Crippen LogP contribution in [0.25, 0.3) is 0 Å². The van der Waals surface area contributed by atoms with Crippen molar-refractivity contribution in [3.05, 3.63) is 76.5 Å². The van der Waals surface area contributed by atoms with Gasteiger partial charge in [0.25, 0.3) is 0 Å². The average Bonchev–Trinajstić information content (AvgIpc) is 3.02. The zero-order valence-electron chi connectivity index (χ0n) is 16.6. The van der Waals surface area contributed by atoms with Gasteiger partial charge in [-0.3, -0.25) is 0 Å². The summed E-state index contributed by atoms with van der Waals surface area (Å²) in [6.45, 7) is 7.62. The molecule has 0 N–H and O–H groups in total. The summed E-state index contributed by atoms with van der Waals surface area (Å²) in [7, 11) is 0. The summed E-state index contributed by atoms with van der Waals surface area (Å²) >= 11 is 0. The first-order chi connectivity index (χ1) is 14.1. The topological polar surface area (TPSA) is 64.6 Å². The molecule has 0 fully saturated rings. The number of carbonyl (C=O) groups is 1. The smallest absolute Gasteiger partial charge is 0.340 e. The van der Waals surface area contributed by atoms with Crippen molar-refractivity contribution in [3.8, 4) is 11.6 Å². The molecule has 1 aromatic heterocycles. The summed E-state index contributed by atoms with van der Waals surface area (Å²) in [6, 6.07) is 15.1.